The first-order valence-electron chi connectivity index (χ1n) is 5.25. The minimum Gasteiger partial charge on any atom is -0.389 e. The molecule has 0 fully saturated rings. The third-order valence-corrected chi connectivity index (χ3v) is 3.37. The third kappa shape index (κ3) is 2.83. The van der Waals surface area contributed by atoms with E-state index in [1.54, 1.807) is 22.9 Å². The van der Waals surface area contributed by atoms with E-state index in [4.69, 9.17) is 18.0 Å². The van der Waals surface area contributed by atoms with Crippen LogP contribution in [-0.4, -0.2) is 17.0 Å². The molecule has 0 amide bonds. The van der Waals surface area contributed by atoms with Crippen LogP contribution in [-0.2, 0) is 6.54 Å². The lowest BCUT2D eigenvalue weighted by atomic mass is 10.1. The summed E-state index contributed by atoms with van der Waals surface area (Å²) in [7, 11) is 1.90. The smallest absolute Gasteiger partial charge is 0.124 e. The second-order valence-corrected chi connectivity index (χ2v) is 5.02. The lowest BCUT2D eigenvalue weighted by molar-refractivity contribution is 0.627. The number of thiocarbonyl (C=S) groups is 1. The summed E-state index contributed by atoms with van der Waals surface area (Å²) < 4.78 is 13.2. The molecule has 2 aromatic rings. The van der Waals surface area contributed by atoms with Gasteiger partial charge >= 0.3 is 0 Å². The molecule has 18 heavy (non-hydrogen) atoms. The Morgan fingerprint density at radius 2 is 2.33 bits per heavy atom. The summed E-state index contributed by atoms with van der Waals surface area (Å²) in [6, 6.07) is 4.43. The number of benzene rings is 1. The summed E-state index contributed by atoms with van der Waals surface area (Å²) in [5, 5.41) is 1.97. The average Bonchev–Trinajstić information content (AvgIpc) is 2.81. The van der Waals surface area contributed by atoms with Gasteiger partial charge in [-0.25, -0.2) is 9.37 Å². The van der Waals surface area contributed by atoms with Crippen LogP contribution in [0.25, 0.3) is 0 Å². The highest BCUT2D eigenvalue weighted by Crippen LogP contribution is 2.22. The van der Waals surface area contributed by atoms with E-state index in [-0.39, 0.29) is 10.8 Å². The van der Waals surface area contributed by atoms with Crippen LogP contribution >= 0.6 is 23.6 Å². The zero-order valence-electron chi connectivity index (χ0n) is 9.76. The fourth-order valence-corrected chi connectivity index (χ4v) is 2.40. The molecule has 1 aromatic heterocycles. The third-order valence-electron chi connectivity index (χ3n) is 2.52. The predicted molar refractivity (Wildman–Crippen MR) is 76.5 cm³/mol. The minimum absolute atomic E-state index is 0.189. The molecule has 0 saturated carbocycles. The Hall–Kier alpha value is -1.53. The first kappa shape index (κ1) is 12.9. The number of nitrogens with two attached hydrogens (primary N) is 1. The van der Waals surface area contributed by atoms with Gasteiger partial charge < -0.3 is 10.6 Å². The maximum absolute atomic E-state index is 13.2. The van der Waals surface area contributed by atoms with Gasteiger partial charge in [-0.15, -0.1) is 11.3 Å². The van der Waals surface area contributed by atoms with Crippen LogP contribution in [0.5, 0.6) is 0 Å². The first-order chi connectivity index (χ1) is 8.58. The highest BCUT2D eigenvalue weighted by molar-refractivity contribution is 7.80. The first-order valence-corrected chi connectivity index (χ1v) is 6.60. The Morgan fingerprint density at radius 3 is 2.94 bits per heavy atom. The monoisotopic (exact) mass is 281 g/mol. The summed E-state index contributed by atoms with van der Waals surface area (Å²) >= 11 is 6.49. The molecule has 2 rings (SSSR count). The van der Waals surface area contributed by atoms with Crippen LogP contribution in [0.4, 0.5) is 10.1 Å². The molecule has 0 aliphatic heterocycles. The lowest BCUT2D eigenvalue weighted by Gasteiger charge is -2.21. The maximum Gasteiger partial charge on any atom is 0.124 e. The molecule has 0 atom stereocenters. The van der Waals surface area contributed by atoms with Crippen molar-refractivity contribution in [3.63, 3.8) is 0 Å². The van der Waals surface area contributed by atoms with E-state index in [0.717, 1.165) is 11.4 Å². The molecule has 0 spiro atoms. The van der Waals surface area contributed by atoms with Crippen LogP contribution < -0.4 is 10.6 Å². The van der Waals surface area contributed by atoms with Crippen molar-refractivity contribution < 1.29 is 4.39 Å². The molecule has 94 valence electrons. The molecule has 1 heterocycles. The quantitative estimate of drug-likeness (QED) is 0.875. The van der Waals surface area contributed by atoms with Crippen LogP contribution in [0, 0.1) is 5.82 Å². The zero-order valence-corrected chi connectivity index (χ0v) is 11.4. The molecule has 0 aliphatic carbocycles. The van der Waals surface area contributed by atoms with E-state index in [9.17, 15) is 4.39 Å². The van der Waals surface area contributed by atoms with Crippen molar-refractivity contribution >= 4 is 34.2 Å². The van der Waals surface area contributed by atoms with Gasteiger partial charge in [-0.1, -0.05) is 12.2 Å². The van der Waals surface area contributed by atoms with Crippen molar-refractivity contribution in [1.29, 1.82) is 0 Å². The van der Waals surface area contributed by atoms with Crippen LogP contribution in [0.2, 0.25) is 0 Å². The molecule has 0 saturated heterocycles. The fourth-order valence-electron chi connectivity index (χ4n) is 1.68. The van der Waals surface area contributed by atoms with Gasteiger partial charge in [0.15, 0.2) is 0 Å². The van der Waals surface area contributed by atoms with Gasteiger partial charge in [0.25, 0.3) is 0 Å². The van der Waals surface area contributed by atoms with Crippen molar-refractivity contribution in [3.05, 3.63) is 46.2 Å². The Bertz CT molecular complexity index is 554. The number of hydrogen-bond donors (Lipinski definition) is 1. The summed E-state index contributed by atoms with van der Waals surface area (Å²) in [5.74, 6) is -0.344. The second kappa shape index (κ2) is 5.41. The maximum atomic E-state index is 13.2. The standard InChI is InChI=1S/C12H12FN3S2/c1-16(5-9-6-18-7-15-9)11-3-2-8(13)4-10(11)12(14)17/h2-4,6-7H,5H2,1H3,(H2,14,17). The Balaban J connectivity index is 2.29. The molecular formula is C12H12FN3S2. The Morgan fingerprint density at radius 1 is 1.56 bits per heavy atom. The molecule has 1 aromatic carbocycles. The predicted octanol–water partition coefficient (Wildman–Crippen LogP) is 2.55. The van der Waals surface area contributed by atoms with Crippen LogP contribution in [0.1, 0.15) is 11.3 Å². The molecule has 0 radical (unpaired) electrons. The SMILES string of the molecule is CN(Cc1cscn1)c1ccc(F)cc1C(N)=S. The van der Waals surface area contributed by atoms with Crippen molar-refractivity contribution in [2.75, 3.05) is 11.9 Å². The van der Waals surface area contributed by atoms with Gasteiger partial charge in [-0.2, -0.15) is 0 Å². The van der Waals surface area contributed by atoms with Gasteiger partial charge in [0.1, 0.15) is 10.8 Å². The van der Waals surface area contributed by atoms with Gasteiger partial charge in [0.05, 0.1) is 17.7 Å². The van der Waals surface area contributed by atoms with Gasteiger partial charge in [0, 0.05) is 23.7 Å². The summed E-state index contributed by atoms with van der Waals surface area (Å²) in [4.78, 5) is 6.35. The van der Waals surface area contributed by atoms with Gasteiger partial charge in [0.2, 0.25) is 0 Å². The summed E-state index contributed by atoms with van der Waals surface area (Å²) in [6.07, 6.45) is 0. The van der Waals surface area contributed by atoms with E-state index in [1.165, 1.54) is 12.1 Å². The van der Waals surface area contributed by atoms with E-state index >= 15 is 0 Å². The lowest BCUT2D eigenvalue weighted by Crippen LogP contribution is -2.21. The molecule has 0 unspecified atom stereocenters. The zero-order chi connectivity index (χ0) is 13.1. The molecule has 0 bridgehead atoms. The highest BCUT2D eigenvalue weighted by atomic mass is 32.1. The van der Waals surface area contributed by atoms with Crippen molar-refractivity contribution in [1.82, 2.24) is 4.98 Å². The van der Waals surface area contributed by atoms with E-state index in [2.05, 4.69) is 4.98 Å². The van der Waals surface area contributed by atoms with Crippen molar-refractivity contribution in [2.45, 2.75) is 6.54 Å². The number of thiazole rings is 1. The van der Waals surface area contributed by atoms with Gasteiger partial charge in [-0.3, -0.25) is 0 Å². The van der Waals surface area contributed by atoms with Crippen LogP contribution in [0.15, 0.2) is 29.1 Å². The normalized spacial score (nSPS) is 10.3. The van der Waals surface area contributed by atoms with Crippen LogP contribution in [0.3, 0.4) is 0 Å². The van der Waals surface area contributed by atoms with E-state index in [1.807, 2.05) is 17.3 Å². The van der Waals surface area contributed by atoms with Crippen molar-refractivity contribution in [3.8, 4) is 0 Å². The molecule has 3 nitrogen and oxygen atoms in total. The second-order valence-electron chi connectivity index (χ2n) is 3.86. The molecule has 0 aliphatic rings. The van der Waals surface area contributed by atoms with E-state index < -0.39 is 0 Å². The fraction of sp³-hybridized carbons (Fsp3) is 0.167. The number of hydrogen-bond acceptors (Lipinski definition) is 4. The van der Waals surface area contributed by atoms with Crippen molar-refractivity contribution in [2.24, 2.45) is 5.73 Å². The number of halogens is 1. The minimum atomic E-state index is -0.344. The molecular weight excluding hydrogens is 269 g/mol. The van der Waals surface area contributed by atoms with E-state index in [0.29, 0.717) is 12.1 Å². The number of nitrogens with zero attached hydrogens (tertiary/aromatic N) is 2. The highest BCUT2D eigenvalue weighted by Gasteiger charge is 2.11. The molecule has 2 N–H and O–H groups in total. The largest absolute Gasteiger partial charge is 0.389 e. The number of aromatic nitrogens is 1. The summed E-state index contributed by atoms with van der Waals surface area (Å²) in [6.45, 7) is 0.630. The Labute approximate surface area is 114 Å². The topological polar surface area (TPSA) is 42.2 Å². The summed E-state index contributed by atoms with van der Waals surface area (Å²) in [5.41, 5.74) is 9.71. The molecule has 6 heteroatoms. The van der Waals surface area contributed by atoms with Gasteiger partial charge in [-0.05, 0) is 18.2 Å². The average molecular weight is 281 g/mol. The number of rotatable bonds is 4. The number of anilines is 1. The Kier molecular flexibility index (Phi) is 3.88.